The van der Waals surface area contributed by atoms with Crippen molar-refractivity contribution >= 4 is 22.7 Å². The fourth-order valence-electron chi connectivity index (χ4n) is 2.74. The van der Waals surface area contributed by atoms with Gasteiger partial charge in [-0.2, -0.15) is 5.01 Å². The van der Waals surface area contributed by atoms with Gasteiger partial charge in [0, 0.05) is 12.1 Å². The molecule has 0 aromatic heterocycles. The molecule has 2 atom stereocenters. The maximum absolute atomic E-state index is 3.50. The summed E-state index contributed by atoms with van der Waals surface area (Å²) < 4.78 is 0. The molecule has 4 heteroatoms. The molecule has 4 nitrogen and oxygen atoms in total. The van der Waals surface area contributed by atoms with Crippen molar-refractivity contribution in [1.29, 1.82) is 0 Å². The Labute approximate surface area is 99.6 Å². The molecule has 0 saturated heterocycles. The lowest BCUT2D eigenvalue weighted by atomic mass is 10.2. The second-order valence-corrected chi connectivity index (χ2v) is 4.46. The fourth-order valence-corrected chi connectivity index (χ4v) is 2.74. The largest absolute Gasteiger partial charge is 0.248 e. The van der Waals surface area contributed by atoms with Crippen LogP contribution in [0.1, 0.15) is 0 Å². The highest BCUT2D eigenvalue weighted by Crippen LogP contribution is 2.29. The number of anilines is 2. The molecular formula is C13H14N4+2. The van der Waals surface area contributed by atoms with Gasteiger partial charge in [-0.1, -0.05) is 29.4 Å². The highest BCUT2D eigenvalue weighted by atomic mass is 16.0. The zero-order valence-electron chi connectivity index (χ0n) is 9.57. The minimum absolute atomic E-state index is 1.19. The van der Waals surface area contributed by atoms with Crippen LogP contribution in [0.3, 0.4) is 0 Å². The van der Waals surface area contributed by atoms with Crippen molar-refractivity contribution in [2.75, 3.05) is 17.6 Å². The summed E-state index contributed by atoms with van der Waals surface area (Å²) in [5.41, 5.74) is 8.56. The van der Waals surface area contributed by atoms with Gasteiger partial charge in [0.25, 0.3) is 0 Å². The topological polar surface area (TPSA) is 24.1 Å². The predicted octanol–water partition coefficient (Wildman–Crippen LogP) is 0.0399. The van der Waals surface area contributed by atoms with Crippen LogP contribution in [0.15, 0.2) is 48.5 Å². The van der Waals surface area contributed by atoms with Gasteiger partial charge in [-0.3, -0.25) is 0 Å². The fraction of sp³-hybridized carbons (Fsp3) is 0.0769. The van der Waals surface area contributed by atoms with E-state index in [0.29, 0.717) is 0 Å². The van der Waals surface area contributed by atoms with E-state index in [4.69, 9.17) is 0 Å². The van der Waals surface area contributed by atoms with Gasteiger partial charge in [0.05, 0.1) is 7.05 Å². The third-order valence-corrected chi connectivity index (χ3v) is 3.53. The van der Waals surface area contributed by atoms with Crippen LogP contribution in [-0.2, 0) is 0 Å². The number of para-hydroxylation sites is 4. The Bertz CT molecular complexity index is 595. The summed E-state index contributed by atoms with van der Waals surface area (Å²) in [5, 5.41) is 4.80. The van der Waals surface area contributed by atoms with E-state index in [-0.39, 0.29) is 0 Å². The maximum Gasteiger partial charge on any atom is 0.248 e. The van der Waals surface area contributed by atoms with E-state index in [1.165, 1.54) is 32.9 Å². The van der Waals surface area contributed by atoms with Gasteiger partial charge in [0.1, 0.15) is 5.69 Å². The van der Waals surface area contributed by atoms with Gasteiger partial charge in [0.2, 0.25) is 11.4 Å². The number of fused-ring (bicyclic) bond motifs is 5. The first kappa shape index (κ1) is 9.04. The van der Waals surface area contributed by atoms with E-state index in [1.54, 1.807) is 0 Å². The summed E-state index contributed by atoms with van der Waals surface area (Å²) in [5.74, 6) is 0. The lowest BCUT2D eigenvalue weighted by molar-refractivity contribution is -0.990. The molecule has 2 aliphatic heterocycles. The van der Waals surface area contributed by atoms with Gasteiger partial charge in [-0.15, -0.1) is 0 Å². The van der Waals surface area contributed by atoms with Gasteiger partial charge in [-0.05, 0) is 17.3 Å². The first-order valence-corrected chi connectivity index (χ1v) is 5.83. The van der Waals surface area contributed by atoms with E-state index in [1.807, 2.05) is 0 Å². The van der Waals surface area contributed by atoms with Gasteiger partial charge >= 0.3 is 0 Å². The lowest BCUT2D eigenvalue weighted by Gasteiger charge is -2.16. The molecular weight excluding hydrogens is 212 g/mol. The molecule has 0 saturated carbocycles. The van der Waals surface area contributed by atoms with Crippen LogP contribution in [0.25, 0.3) is 0 Å². The smallest absolute Gasteiger partial charge is 0.202 e. The van der Waals surface area contributed by atoms with Crippen molar-refractivity contribution in [3.8, 4) is 0 Å². The molecule has 4 rings (SSSR count). The van der Waals surface area contributed by atoms with Crippen molar-refractivity contribution < 1.29 is 10.1 Å². The SMILES string of the molecule is C[NH+]1c2ccccc2[NH+]2Nc3ccccc3N12. The number of benzene rings is 2. The molecule has 3 N–H and O–H groups in total. The van der Waals surface area contributed by atoms with E-state index >= 15 is 0 Å². The Hall–Kier alpha value is -2.04. The van der Waals surface area contributed by atoms with E-state index < -0.39 is 0 Å². The Balaban J connectivity index is 1.91. The van der Waals surface area contributed by atoms with Gasteiger partial charge < -0.3 is 0 Å². The van der Waals surface area contributed by atoms with Crippen molar-refractivity contribution in [2.24, 2.45) is 0 Å². The lowest BCUT2D eigenvalue weighted by Crippen LogP contribution is -3.30. The molecule has 2 aromatic carbocycles. The Morgan fingerprint density at radius 1 is 0.941 bits per heavy atom. The van der Waals surface area contributed by atoms with Crippen LogP contribution >= 0.6 is 0 Å². The zero-order valence-corrected chi connectivity index (χ0v) is 9.57. The first-order valence-electron chi connectivity index (χ1n) is 5.83. The zero-order chi connectivity index (χ0) is 11.4. The molecule has 0 spiro atoms. The minimum atomic E-state index is 1.19. The molecule has 0 amide bonds. The third kappa shape index (κ3) is 1.03. The molecule has 0 fully saturated rings. The number of nitrogens with zero attached hydrogens (tertiary/aromatic N) is 1. The molecule has 2 aliphatic rings. The molecule has 2 heterocycles. The van der Waals surface area contributed by atoms with Crippen LogP contribution in [0.5, 0.6) is 0 Å². The Kier molecular flexibility index (Phi) is 1.59. The van der Waals surface area contributed by atoms with E-state index in [9.17, 15) is 0 Å². The summed E-state index contributed by atoms with van der Waals surface area (Å²) in [6.07, 6.45) is 0. The van der Waals surface area contributed by atoms with E-state index in [2.05, 4.69) is 66.1 Å². The highest BCUT2D eigenvalue weighted by Gasteiger charge is 2.48. The van der Waals surface area contributed by atoms with Gasteiger partial charge in [-0.25, -0.2) is 5.43 Å². The molecule has 84 valence electrons. The third-order valence-electron chi connectivity index (χ3n) is 3.53. The molecule has 0 radical (unpaired) electrons. The first-order chi connectivity index (χ1) is 8.36. The average molecular weight is 226 g/mol. The molecule has 17 heavy (non-hydrogen) atoms. The van der Waals surface area contributed by atoms with Crippen molar-refractivity contribution in [3.05, 3.63) is 48.5 Å². The van der Waals surface area contributed by atoms with Crippen LogP contribution in [0.2, 0.25) is 0 Å². The molecule has 0 aliphatic carbocycles. The molecule has 2 aromatic rings. The Morgan fingerprint density at radius 3 is 2.53 bits per heavy atom. The van der Waals surface area contributed by atoms with Crippen LogP contribution in [-0.4, -0.2) is 7.05 Å². The summed E-state index contributed by atoms with van der Waals surface area (Å²) in [6.45, 7) is 0. The van der Waals surface area contributed by atoms with Crippen molar-refractivity contribution in [3.63, 3.8) is 0 Å². The Morgan fingerprint density at radius 2 is 1.65 bits per heavy atom. The predicted molar refractivity (Wildman–Crippen MR) is 66.2 cm³/mol. The minimum Gasteiger partial charge on any atom is -0.202 e. The monoisotopic (exact) mass is 226 g/mol. The molecule has 0 bridgehead atoms. The summed E-state index contributed by atoms with van der Waals surface area (Å²) in [6, 6.07) is 17.0. The van der Waals surface area contributed by atoms with Crippen LogP contribution in [0, 0.1) is 0 Å². The van der Waals surface area contributed by atoms with Crippen LogP contribution in [0.4, 0.5) is 22.7 Å². The van der Waals surface area contributed by atoms with Crippen molar-refractivity contribution in [2.45, 2.75) is 0 Å². The summed E-state index contributed by atoms with van der Waals surface area (Å²) >= 11 is 0. The summed E-state index contributed by atoms with van der Waals surface area (Å²) in [7, 11) is 2.18. The average Bonchev–Trinajstić information content (AvgIpc) is 2.88. The van der Waals surface area contributed by atoms with Crippen molar-refractivity contribution in [1.82, 2.24) is 0 Å². The second-order valence-electron chi connectivity index (χ2n) is 4.46. The maximum atomic E-state index is 3.50. The number of quaternary nitrogens is 2. The number of hydrogen-bond donors (Lipinski definition) is 3. The quantitative estimate of drug-likeness (QED) is 0.591. The normalized spacial score (nSPS) is 23.9. The van der Waals surface area contributed by atoms with Gasteiger partial charge in [0.15, 0.2) is 5.69 Å². The van der Waals surface area contributed by atoms with Crippen LogP contribution < -0.4 is 20.7 Å². The highest BCUT2D eigenvalue weighted by molar-refractivity contribution is 5.71. The molecule has 2 unspecified atom stereocenters. The van der Waals surface area contributed by atoms with E-state index in [0.717, 1.165) is 0 Å². The second kappa shape index (κ2) is 3.00. The number of rotatable bonds is 0. The standard InChI is InChI=1S/C13H12N4/c1-15-12-8-4-5-9-13(12)16-14-10-6-2-3-7-11(10)17(15)16/h2-9,14H,1H3/p+2. The summed E-state index contributed by atoms with van der Waals surface area (Å²) in [4.78, 5) is 0. The number of nitrogens with one attached hydrogen (secondary N) is 3. The number of hydrogen-bond acceptors (Lipinski definition) is 2.